The van der Waals surface area contributed by atoms with Gasteiger partial charge < -0.3 is 24.3 Å². The molecule has 0 aliphatic carbocycles. The predicted molar refractivity (Wildman–Crippen MR) is 109 cm³/mol. The number of para-hydroxylation sites is 2. The van der Waals surface area contributed by atoms with Gasteiger partial charge in [-0.2, -0.15) is 0 Å². The van der Waals surface area contributed by atoms with Crippen LogP contribution in [0, 0.1) is 5.92 Å². The van der Waals surface area contributed by atoms with Crippen LogP contribution < -0.4 is 9.80 Å². The van der Waals surface area contributed by atoms with Gasteiger partial charge in [0.05, 0.1) is 30.5 Å². The third kappa shape index (κ3) is 3.86. The molecule has 0 bridgehead atoms. The van der Waals surface area contributed by atoms with Gasteiger partial charge in [-0.1, -0.05) is 19.1 Å². The first-order chi connectivity index (χ1) is 13.7. The number of anilines is 2. The van der Waals surface area contributed by atoms with Crippen LogP contribution in [0.15, 0.2) is 24.3 Å². The highest BCUT2D eigenvalue weighted by Gasteiger charge is 2.38. The number of ether oxygens (including phenoxy) is 1. The van der Waals surface area contributed by atoms with Crippen molar-refractivity contribution in [3.63, 3.8) is 0 Å². The summed E-state index contributed by atoms with van der Waals surface area (Å²) in [4.78, 5) is 34.2. The van der Waals surface area contributed by atoms with Crippen molar-refractivity contribution in [3.8, 4) is 0 Å². The summed E-state index contributed by atoms with van der Waals surface area (Å²) in [6.07, 6.45) is 0.310. The minimum absolute atomic E-state index is 0.0475. The molecule has 152 valence electrons. The molecule has 0 aromatic heterocycles. The Balaban J connectivity index is 1.46. The van der Waals surface area contributed by atoms with E-state index in [1.54, 1.807) is 0 Å². The SMILES string of the molecule is CCN1CCN(C(=O)C2CC(=O)N(c3ccccc3N3CCOCC3)C2)CC1. The Morgan fingerprint density at radius 2 is 1.71 bits per heavy atom. The zero-order valence-corrected chi connectivity index (χ0v) is 16.7. The maximum Gasteiger partial charge on any atom is 0.228 e. The lowest BCUT2D eigenvalue weighted by molar-refractivity contribution is -0.137. The van der Waals surface area contributed by atoms with Crippen molar-refractivity contribution in [1.29, 1.82) is 0 Å². The molecule has 3 saturated heterocycles. The number of amides is 2. The van der Waals surface area contributed by atoms with E-state index in [4.69, 9.17) is 4.74 Å². The second-order valence-corrected chi connectivity index (χ2v) is 7.75. The zero-order chi connectivity index (χ0) is 19.5. The fourth-order valence-corrected chi connectivity index (χ4v) is 4.41. The smallest absolute Gasteiger partial charge is 0.228 e. The summed E-state index contributed by atoms with van der Waals surface area (Å²) in [5.74, 6) is -0.0554. The van der Waals surface area contributed by atoms with Gasteiger partial charge >= 0.3 is 0 Å². The monoisotopic (exact) mass is 386 g/mol. The Kier molecular flexibility index (Phi) is 5.82. The van der Waals surface area contributed by atoms with Gasteiger partial charge in [-0.25, -0.2) is 0 Å². The molecular weight excluding hydrogens is 356 g/mol. The van der Waals surface area contributed by atoms with Crippen molar-refractivity contribution in [1.82, 2.24) is 9.80 Å². The first kappa shape index (κ1) is 19.2. The molecular formula is C21H30N4O3. The Hall–Kier alpha value is -2.12. The fraction of sp³-hybridized carbons (Fsp3) is 0.619. The maximum absolute atomic E-state index is 13.0. The van der Waals surface area contributed by atoms with E-state index < -0.39 is 0 Å². The van der Waals surface area contributed by atoms with E-state index in [0.29, 0.717) is 26.2 Å². The molecule has 7 nitrogen and oxygen atoms in total. The lowest BCUT2D eigenvalue weighted by Gasteiger charge is -2.35. The second kappa shape index (κ2) is 8.49. The van der Waals surface area contributed by atoms with Crippen molar-refractivity contribution in [3.05, 3.63) is 24.3 Å². The molecule has 0 saturated carbocycles. The molecule has 3 aliphatic rings. The van der Waals surface area contributed by atoms with Gasteiger partial charge in [0.15, 0.2) is 0 Å². The molecule has 3 fully saturated rings. The summed E-state index contributed by atoms with van der Waals surface area (Å²) in [5.41, 5.74) is 1.98. The van der Waals surface area contributed by atoms with Crippen LogP contribution >= 0.6 is 0 Å². The Morgan fingerprint density at radius 3 is 2.39 bits per heavy atom. The molecule has 0 spiro atoms. The second-order valence-electron chi connectivity index (χ2n) is 7.75. The molecule has 1 aromatic rings. The zero-order valence-electron chi connectivity index (χ0n) is 16.7. The van der Waals surface area contributed by atoms with Crippen LogP contribution in [0.4, 0.5) is 11.4 Å². The van der Waals surface area contributed by atoms with Crippen LogP contribution in [0.25, 0.3) is 0 Å². The van der Waals surface area contributed by atoms with E-state index in [1.807, 2.05) is 28.0 Å². The molecule has 1 aromatic carbocycles. The van der Waals surface area contributed by atoms with Crippen molar-refractivity contribution in [2.45, 2.75) is 13.3 Å². The van der Waals surface area contributed by atoms with Crippen LogP contribution in [0.5, 0.6) is 0 Å². The largest absolute Gasteiger partial charge is 0.378 e. The molecule has 0 N–H and O–H groups in total. The highest BCUT2D eigenvalue weighted by molar-refractivity contribution is 6.02. The topological polar surface area (TPSA) is 56.3 Å². The fourth-order valence-electron chi connectivity index (χ4n) is 4.41. The Labute approximate surface area is 166 Å². The third-order valence-electron chi connectivity index (χ3n) is 6.13. The van der Waals surface area contributed by atoms with E-state index >= 15 is 0 Å². The third-order valence-corrected chi connectivity index (χ3v) is 6.13. The summed E-state index contributed by atoms with van der Waals surface area (Å²) in [5, 5.41) is 0. The lowest BCUT2D eigenvalue weighted by atomic mass is 10.1. The van der Waals surface area contributed by atoms with Gasteiger partial charge in [-0.05, 0) is 18.7 Å². The quantitative estimate of drug-likeness (QED) is 0.774. The van der Waals surface area contributed by atoms with Crippen molar-refractivity contribution in [2.24, 2.45) is 5.92 Å². The summed E-state index contributed by atoms with van der Waals surface area (Å²) in [6.45, 7) is 10.1. The number of hydrogen-bond donors (Lipinski definition) is 0. The number of carbonyl (C=O) groups excluding carboxylic acids is 2. The van der Waals surface area contributed by atoms with Crippen LogP contribution in [0.3, 0.4) is 0 Å². The van der Waals surface area contributed by atoms with Crippen molar-refractivity contribution >= 4 is 23.2 Å². The molecule has 1 unspecified atom stereocenters. The first-order valence-electron chi connectivity index (χ1n) is 10.4. The van der Waals surface area contributed by atoms with E-state index in [0.717, 1.165) is 57.2 Å². The van der Waals surface area contributed by atoms with E-state index in [1.165, 1.54) is 0 Å². The van der Waals surface area contributed by atoms with Crippen molar-refractivity contribution in [2.75, 3.05) is 75.4 Å². The number of benzene rings is 1. The Bertz CT molecular complexity index is 711. The number of carbonyl (C=O) groups is 2. The molecule has 7 heteroatoms. The summed E-state index contributed by atoms with van der Waals surface area (Å²) >= 11 is 0. The minimum atomic E-state index is -0.238. The summed E-state index contributed by atoms with van der Waals surface area (Å²) < 4.78 is 5.46. The number of hydrogen-bond acceptors (Lipinski definition) is 5. The van der Waals surface area contributed by atoms with Crippen LogP contribution in [0.1, 0.15) is 13.3 Å². The van der Waals surface area contributed by atoms with E-state index in [9.17, 15) is 9.59 Å². The number of piperazine rings is 1. The number of rotatable bonds is 4. The molecule has 4 rings (SSSR count). The van der Waals surface area contributed by atoms with Gasteiger partial charge in [0, 0.05) is 52.2 Å². The van der Waals surface area contributed by atoms with Gasteiger partial charge in [-0.3, -0.25) is 9.59 Å². The number of morpholine rings is 1. The predicted octanol–water partition coefficient (Wildman–Crippen LogP) is 1.04. The van der Waals surface area contributed by atoms with E-state index in [-0.39, 0.29) is 17.7 Å². The maximum atomic E-state index is 13.0. The lowest BCUT2D eigenvalue weighted by Crippen LogP contribution is -2.50. The molecule has 3 aliphatic heterocycles. The first-order valence-corrected chi connectivity index (χ1v) is 10.4. The minimum Gasteiger partial charge on any atom is -0.378 e. The summed E-state index contributed by atoms with van der Waals surface area (Å²) in [6, 6.07) is 8.03. The van der Waals surface area contributed by atoms with Crippen LogP contribution in [-0.2, 0) is 14.3 Å². The van der Waals surface area contributed by atoms with Gasteiger partial charge in [0.2, 0.25) is 11.8 Å². The normalized spacial score (nSPS) is 24.1. The molecule has 2 amide bonds. The van der Waals surface area contributed by atoms with Gasteiger partial charge in [-0.15, -0.1) is 0 Å². The van der Waals surface area contributed by atoms with E-state index in [2.05, 4.69) is 22.8 Å². The average Bonchev–Trinajstić information content (AvgIpc) is 3.15. The highest BCUT2D eigenvalue weighted by atomic mass is 16.5. The van der Waals surface area contributed by atoms with Crippen LogP contribution in [-0.4, -0.2) is 87.2 Å². The number of likely N-dealkylation sites (N-methyl/N-ethyl adjacent to an activating group) is 1. The van der Waals surface area contributed by atoms with Gasteiger partial charge in [0.25, 0.3) is 0 Å². The molecule has 3 heterocycles. The Morgan fingerprint density at radius 1 is 1.04 bits per heavy atom. The highest BCUT2D eigenvalue weighted by Crippen LogP contribution is 2.34. The standard InChI is InChI=1S/C21H30N4O3/c1-2-22-7-9-24(10-8-22)21(27)17-15-20(26)25(16-17)19-6-4-3-5-18(19)23-11-13-28-14-12-23/h3-6,17H,2,7-16H2,1H3. The number of nitrogens with zero attached hydrogens (tertiary/aromatic N) is 4. The molecule has 1 atom stereocenters. The molecule has 28 heavy (non-hydrogen) atoms. The average molecular weight is 386 g/mol. The molecule has 0 radical (unpaired) electrons. The summed E-state index contributed by atoms with van der Waals surface area (Å²) in [7, 11) is 0. The van der Waals surface area contributed by atoms with Crippen LogP contribution in [0.2, 0.25) is 0 Å². The van der Waals surface area contributed by atoms with Gasteiger partial charge in [0.1, 0.15) is 0 Å². The van der Waals surface area contributed by atoms with Crippen molar-refractivity contribution < 1.29 is 14.3 Å².